The SMILES string of the molecule is O=C(O/N=C/c1ccccc1)C1CCCCC1. The summed E-state index contributed by atoms with van der Waals surface area (Å²) in [5.41, 5.74) is 0.934. The number of hydrogen-bond donors (Lipinski definition) is 0. The van der Waals surface area contributed by atoms with E-state index in [0.717, 1.165) is 31.2 Å². The van der Waals surface area contributed by atoms with Crippen LogP contribution in [0.4, 0.5) is 0 Å². The van der Waals surface area contributed by atoms with E-state index in [-0.39, 0.29) is 11.9 Å². The van der Waals surface area contributed by atoms with Crippen molar-refractivity contribution in [3.05, 3.63) is 35.9 Å². The molecular weight excluding hydrogens is 214 g/mol. The van der Waals surface area contributed by atoms with Crippen LogP contribution in [0.5, 0.6) is 0 Å². The van der Waals surface area contributed by atoms with Gasteiger partial charge in [-0.1, -0.05) is 54.8 Å². The van der Waals surface area contributed by atoms with Gasteiger partial charge in [0.15, 0.2) is 0 Å². The third-order valence-electron chi connectivity index (χ3n) is 3.08. The summed E-state index contributed by atoms with van der Waals surface area (Å²) in [6.45, 7) is 0. The molecule has 0 unspecified atom stereocenters. The largest absolute Gasteiger partial charge is 0.338 e. The molecule has 2 rings (SSSR count). The van der Waals surface area contributed by atoms with Gasteiger partial charge < -0.3 is 4.84 Å². The molecule has 0 heterocycles. The maximum atomic E-state index is 11.7. The van der Waals surface area contributed by atoms with Crippen molar-refractivity contribution in [1.29, 1.82) is 0 Å². The number of hydrogen-bond acceptors (Lipinski definition) is 3. The lowest BCUT2D eigenvalue weighted by molar-refractivity contribution is -0.149. The molecular formula is C14H17NO2. The molecule has 17 heavy (non-hydrogen) atoms. The van der Waals surface area contributed by atoms with Crippen molar-refractivity contribution in [3.8, 4) is 0 Å². The molecule has 3 nitrogen and oxygen atoms in total. The minimum Gasteiger partial charge on any atom is -0.318 e. The van der Waals surface area contributed by atoms with Crippen LogP contribution < -0.4 is 0 Å². The Kier molecular flexibility index (Phi) is 4.30. The monoisotopic (exact) mass is 231 g/mol. The Balaban J connectivity index is 1.81. The molecule has 0 aromatic heterocycles. The maximum Gasteiger partial charge on any atom is 0.338 e. The van der Waals surface area contributed by atoms with E-state index in [1.165, 1.54) is 6.42 Å². The molecule has 1 aromatic rings. The predicted molar refractivity (Wildman–Crippen MR) is 66.7 cm³/mol. The summed E-state index contributed by atoms with van der Waals surface area (Å²) >= 11 is 0. The minimum atomic E-state index is -0.183. The number of carbonyl (C=O) groups excluding carboxylic acids is 1. The lowest BCUT2D eigenvalue weighted by Crippen LogP contribution is -2.18. The number of nitrogens with zero attached hydrogens (tertiary/aromatic N) is 1. The second kappa shape index (κ2) is 6.18. The molecule has 0 radical (unpaired) electrons. The average Bonchev–Trinajstić information content (AvgIpc) is 2.41. The van der Waals surface area contributed by atoms with E-state index in [1.54, 1.807) is 6.21 Å². The highest BCUT2D eigenvalue weighted by Crippen LogP contribution is 2.24. The van der Waals surface area contributed by atoms with E-state index in [9.17, 15) is 4.79 Å². The van der Waals surface area contributed by atoms with E-state index in [1.807, 2.05) is 30.3 Å². The lowest BCUT2D eigenvalue weighted by Gasteiger charge is -2.17. The summed E-state index contributed by atoms with van der Waals surface area (Å²) in [4.78, 5) is 16.6. The van der Waals surface area contributed by atoms with Crippen LogP contribution in [0, 0.1) is 5.92 Å². The summed E-state index contributed by atoms with van der Waals surface area (Å²) in [5, 5.41) is 3.74. The molecule has 1 fully saturated rings. The number of rotatable bonds is 3. The number of benzene rings is 1. The van der Waals surface area contributed by atoms with Crippen molar-refractivity contribution in [2.24, 2.45) is 11.1 Å². The van der Waals surface area contributed by atoms with Crippen LogP contribution >= 0.6 is 0 Å². The summed E-state index contributed by atoms with van der Waals surface area (Å²) in [6.07, 6.45) is 6.95. The second-order valence-corrected chi connectivity index (χ2v) is 4.39. The van der Waals surface area contributed by atoms with Crippen LogP contribution in [0.15, 0.2) is 35.5 Å². The second-order valence-electron chi connectivity index (χ2n) is 4.39. The zero-order valence-corrected chi connectivity index (χ0v) is 9.84. The number of carbonyl (C=O) groups is 1. The molecule has 0 atom stereocenters. The van der Waals surface area contributed by atoms with Gasteiger partial charge in [0, 0.05) is 0 Å². The van der Waals surface area contributed by atoms with Gasteiger partial charge in [-0.05, 0) is 18.4 Å². The van der Waals surface area contributed by atoms with Gasteiger partial charge in [0.25, 0.3) is 0 Å². The zero-order valence-electron chi connectivity index (χ0n) is 9.84. The Hall–Kier alpha value is -1.64. The molecule has 90 valence electrons. The first kappa shape index (κ1) is 11.8. The predicted octanol–water partition coefficient (Wildman–Crippen LogP) is 3.14. The fourth-order valence-electron chi connectivity index (χ4n) is 2.09. The molecule has 0 N–H and O–H groups in total. The Morgan fingerprint density at radius 2 is 1.88 bits per heavy atom. The lowest BCUT2D eigenvalue weighted by atomic mass is 9.89. The smallest absolute Gasteiger partial charge is 0.318 e. The zero-order chi connectivity index (χ0) is 11.9. The molecule has 3 heteroatoms. The van der Waals surface area contributed by atoms with Crippen molar-refractivity contribution in [2.45, 2.75) is 32.1 Å². The quantitative estimate of drug-likeness (QED) is 0.455. The first-order chi connectivity index (χ1) is 8.36. The van der Waals surface area contributed by atoms with Crippen LogP contribution in [0.3, 0.4) is 0 Å². The summed E-state index contributed by atoms with van der Waals surface area (Å²) < 4.78 is 0. The van der Waals surface area contributed by atoms with Gasteiger partial charge in [0.2, 0.25) is 0 Å². The normalized spacial score (nSPS) is 17.2. The first-order valence-electron chi connectivity index (χ1n) is 6.15. The Labute approximate surface area is 101 Å². The third-order valence-corrected chi connectivity index (χ3v) is 3.08. The van der Waals surface area contributed by atoms with Gasteiger partial charge in [-0.3, -0.25) is 0 Å². The minimum absolute atomic E-state index is 0.0525. The van der Waals surface area contributed by atoms with Crippen LogP contribution in [0.25, 0.3) is 0 Å². The number of oxime groups is 1. The van der Waals surface area contributed by atoms with Crippen molar-refractivity contribution >= 4 is 12.2 Å². The highest BCUT2D eigenvalue weighted by Gasteiger charge is 2.22. The summed E-state index contributed by atoms with van der Waals surface area (Å²) in [7, 11) is 0. The van der Waals surface area contributed by atoms with Gasteiger partial charge in [-0.2, -0.15) is 0 Å². The molecule has 1 saturated carbocycles. The molecule has 0 saturated heterocycles. The van der Waals surface area contributed by atoms with E-state index in [2.05, 4.69) is 5.16 Å². The van der Waals surface area contributed by atoms with Gasteiger partial charge in [0.1, 0.15) is 0 Å². The highest BCUT2D eigenvalue weighted by atomic mass is 16.7. The maximum absolute atomic E-state index is 11.7. The molecule has 1 aliphatic rings. The van der Waals surface area contributed by atoms with E-state index >= 15 is 0 Å². The van der Waals surface area contributed by atoms with Crippen LogP contribution in [-0.2, 0) is 9.63 Å². The fraction of sp³-hybridized carbons (Fsp3) is 0.429. The molecule has 1 aliphatic carbocycles. The molecule has 0 spiro atoms. The van der Waals surface area contributed by atoms with Gasteiger partial charge in [0.05, 0.1) is 12.1 Å². The standard InChI is InChI=1S/C14H17NO2/c16-14(13-9-5-2-6-10-13)17-15-11-12-7-3-1-4-8-12/h1,3-4,7-8,11,13H,2,5-6,9-10H2/b15-11+. The van der Waals surface area contributed by atoms with Crippen molar-refractivity contribution in [2.75, 3.05) is 0 Å². The fourth-order valence-corrected chi connectivity index (χ4v) is 2.09. The Bertz CT molecular complexity index is 380. The molecule has 0 amide bonds. The van der Waals surface area contributed by atoms with Crippen LogP contribution in [0.1, 0.15) is 37.7 Å². The van der Waals surface area contributed by atoms with E-state index in [0.29, 0.717) is 0 Å². The summed E-state index contributed by atoms with van der Waals surface area (Å²) in [6, 6.07) is 9.61. The van der Waals surface area contributed by atoms with Crippen LogP contribution in [0.2, 0.25) is 0 Å². The topological polar surface area (TPSA) is 38.7 Å². The third kappa shape index (κ3) is 3.70. The first-order valence-corrected chi connectivity index (χ1v) is 6.15. The molecule has 1 aromatic carbocycles. The molecule has 0 aliphatic heterocycles. The average molecular weight is 231 g/mol. The highest BCUT2D eigenvalue weighted by molar-refractivity contribution is 5.80. The van der Waals surface area contributed by atoms with Gasteiger partial charge in [-0.15, -0.1) is 0 Å². The van der Waals surface area contributed by atoms with Crippen molar-refractivity contribution in [3.63, 3.8) is 0 Å². The van der Waals surface area contributed by atoms with Crippen LogP contribution in [-0.4, -0.2) is 12.2 Å². The van der Waals surface area contributed by atoms with Gasteiger partial charge in [-0.25, -0.2) is 4.79 Å². The van der Waals surface area contributed by atoms with E-state index in [4.69, 9.17) is 4.84 Å². The molecule has 0 bridgehead atoms. The Morgan fingerprint density at radius 3 is 2.59 bits per heavy atom. The summed E-state index contributed by atoms with van der Waals surface area (Å²) in [5.74, 6) is -0.131. The van der Waals surface area contributed by atoms with Gasteiger partial charge >= 0.3 is 5.97 Å². The van der Waals surface area contributed by atoms with E-state index < -0.39 is 0 Å². The van der Waals surface area contributed by atoms with Crippen molar-refractivity contribution in [1.82, 2.24) is 0 Å². The Morgan fingerprint density at radius 1 is 1.18 bits per heavy atom. The van der Waals surface area contributed by atoms with Crippen molar-refractivity contribution < 1.29 is 9.63 Å².